The lowest BCUT2D eigenvalue weighted by atomic mass is 10.1. The van der Waals surface area contributed by atoms with Crippen LogP contribution in [-0.4, -0.2) is 9.78 Å². The molecule has 0 fully saturated rings. The van der Waals surface area contributed by atoms with Gasteiger partial charge in [0.2, 0.25) is 0 Å². The fourth-order valence-electron chi connectivity index (χ4n) is 2.35. The Kier molecular flexibility index (Phi) is 2.94. The van der Waals surface area contributed by atoms with E-state index in [0.29, 0.717) is 6.04 Å². The molecule has 1 aliphatic rings. The SMILES string of the molecule is Cn1cc(CNC2CCc3sc(Cl)cc32)cn1. The fraction of sp³-hybridized carbons (Fsp3) is 0.417. The zero-order valence-corrected chi connectivity index (χ0v) is 11.2. The molecule has 0 saturated carbocycles. The molecule has 2 aromatic rings. The van der Waals surface area contributed by atoms with Gasteiger partial charge >= 0.3 is 0 Å². The molecule has 0 aromatic carbocycles. The predicted octanol–water partition coefficient (Wildman–Crippen LogP) is 2.91. The van der Waals surface area contributed by atoms with Crippen molar-refractivity contribution in [1.82, 2.24) is 15.1 Å². The van der Waals surface area contributed by atoms with Crippen LogP contribution in [0.5, 0.6) is 0 Å². The van der Waals surface area contributed by atoms with Crippen molar-refractivity contribution in [3.05, 3.63) is 38.8 Å². The van der Waals surface area contributed by atoms with Gasteiger partial charge in [0.15, 0.2) is 0 Å². The quantitative estimate of drug-likeness (QED) is 0.927. The van der Waals surface area contributed by atoms with E-state index in [2.05, 4.69) is 16.5 Å². The fourth-order valence-corrected chi connectivity index (χ4v) is 3.70. The first-order valence-electron chi connectivity index (χ1n) is 5.71. The van der Waals surface area contributed by atoms with Crippen LogP contribution >= 0.6 is 22.9 Å². The van der Waals surface area contributed by atoms with E-state index in [1.807, 2.05) is 24.1 Å². The molecule has 1 unspecified atom stereocenters. The summed E-state index contributed by atoms with van der Waals surface area (Å²) in [7, 11) is 1.94. The molecule has 2 heterocycles. The number of hydrogen-bond acceptors (Lipinski definition) is 3. The maximum absolute atomic E-state index is 6.04. The van der Waals surface area contributed by atoms with Gasteiger partial charge in [0.1, 0.15) is 0 Å². The summed E-state index contributed by atoms with van der Waals surface area (Å²) in [6.07, 6.45) is 6.28. The molecule has 90 valence electrons. The maximum Gasteiger partial charge on any atom is 0.0934 e. The van der Waals surface area contributed by atoms with Gasteiger partial charge in [0.25, 0.3) is 0 Å². The van der Waals surface area contributed by atoms with Crippen LogP contribution in [0.3, 0.4) is 0 Å². The summed E-state index contributed by atoms with van der Waals surface area (Å²) in [6, 6.07) is 2.56. The normalized spacial score (nSPS) is 18.6. The standard InChI is InChI=1S/C12H14ClN3S/c1-16-7-8(6-15-16)5-14-10-2-3-11-9(10)4-12(13)17-11/h4,6-7,10,14H,2-3,5H2,1H3. The van der Waals surface area contributed by atoms with E-state index in [0.717, 1.165) is 17.3 Å². The van der Waals surface area contributed by atoms with Gasteiger partial charge in [-0.1, -0.05) is 11.6 Å². The van der Waals surface area contributed by atoms with Crippen LogP contribution < -0.4 is 5.32 Å². The molecular weight excluding hydrogens is 254 g/mol. The number of nitrogens with zero attached hydrogens (tertiary/aromatic N) is 2. The zero-order valence-electron chi connectivity index (χ0n) is 9.61. The van der Waals surface area contributed by atoms with Gasteiger partial charge in [-0.2, -0.15) is 5.10 Å². The summed E-state index contributed by atoms with van der Waals surface area (Å²) >= 11 is 7.76. The van der Waals surface area contributed by atoms with E-state index in [-0.39, 0.29) is 0 Å². The highest BCUT2D eigenvalue weighted by molar-refractivity contribution is 7.16. The number of nitrogens with one attached hydrogen (secondary N) is 1. The first-order valence-corrected chi connectivity index (χ1v) is 6.91. The van der Waals surface area contributed by atoms with Crippen molar-refractivity contribution in [2.45, 2.75) is 25.4 Å². The second-order valence-corrected chi connectivity index (χ2v) is 6.19. The van der Waals surface area contributed by atoms with Crippen LogP contribution in [0.2, 0.25) is 4.34 Å². The van der Waals surface area contributed by atoms with Gasteiger partial charge in [-0.25, -0.2) is 0 Å². The van der Waals surface area contributed by atoms with Gasteiger partial charge in [-0.05, 0) is 24.5 Å². The predicted molar refractivity (Wildman–Crippen MR) is 70.4 cm³/mol. The van der Waals surface area contributed by atoms with Crippen LogP contribution in [0.1, 0.15) is 28.5 Å². The molecule has 1 N–H and O–H groups in total. The molecule has 3 rings (SSSR count). The zero-order chi connectivity index (χ0) is 11.8. The van der Waals surface area contributed by atoms with E-state index in [1.54, 1.807) is 11.3 Å². The van der Waals surface area contributed by atoms with Crippen molar-refractivity contribution in [1.29, 1.82) is 0 Å². The maximum atomic E-state index is 6.04. The first kappa shape index (κ1) is 11.3. The summed E-state index contributed by atoms with van der Waals surface area (Å²) < 4.78 is 2.74. The Bertz CT molecular complexity index is 532. The molecule has 0 spiro atoms. The van der Waals surface area contributed by atoms with Crippen molar-refractivity contribution >= 4 is 22.9 Å². The topological polar surface area (TPSA) is 29.9 Å². The molecule has 2 aromatic heterocycles. The van der Waals surface area contributed by atoms with Crippen molar-refractivity contribution in [2.24, 2.45) is 7.05 Å². The Morgan fingerprint density at radius 3 is 3.29 bits per heavy atom. The Labute approximate surface area is 109 Å². The van der Waals surface area contributed by atoms with Gasteiger partial charge in [-0.3, -0.25) is 4.68 Å². The Morgan fingerprint density at radius 1 is 1.65 bits per heavy atom. The van der Waals surface area contributed by atoms with Crippen molar-refractivity contribution in [3.8, 4) is 0 Å². The molecule has 0 radical (unpaired) electrons. The molecule has 0 saturated heterocycles. The summed E-state index contributed by atoms with van der Waals surface area (Å²) in [6.45, 7) is 0.866. The lowest BCUT2D eigenvalue weighted by Crippen LogP contribution is -2.18. The number of aromatic nitrogens is 2. The molecule has 5 heteroatoms. The van der Waals surface area contributed by atoms with Gasteiger partial charge < -0.3 is 5.32 Å². The number of aryl methyl sites for hydroxylation is 2. The molecule has 0 amide bonds. The van der Waals surface area contributed by atoms with Crippen LogP contribution in [0, 0.1) is 0 Å². The molecule has 1 aliphatic carbocycles. The van der Waals surface area contributed by atoms with Crippen LogP contribution in [0.4, 0.5) is 0 Å². The minimum atomic E-state index is 0.453. The van der Waals surface area contributed by atoms with Gasteiger partial charge in [0.05, 0.1) is 10.5 Å². The van der Waals surface area contributed by atoms with E-state index in [4.69, 9.17) is 11.6 Å². The second kappa shape index (κ2) is 4.44. The van der Waals surface area contributed by atoms with E-state index < -0.39 is 0 Å². The third-order valence-corrected chi connectivity index (χ3v) is 4.50. The molecule has 0 bridgehead atoms. The third kappa shape index (κ3) is 2.25. The number of rotatable bonds is 3. The lowest BCUT2D eigenvalue weighted by molar-refractivity contribution is 0.530. The van der Waals surface area contributed by atoms with Crippen molar-refractivity contribution in [2.75, 3.05) is 0 Å². The number of thiophene rings is 1. The summed E-state index contributed by atoms with van der Waals surface area (Å²) in [4.78, 5) is 1.44. The lowest BCUT2D eigenvalue weighted by Gasteiger charge is -2.11. The number of halogens is 1. The second-order valence-electron chi connectivity index (χ2n) is 4.42. The van der Waals surface area contributed by atoms with Gasteiger partial charge in [-0.15, -0.1) is 11.3 Å². The highest BCUT2D eigenvalue weighted by Crippen LogP contribution is 2.39. The Balaban J connectivity index is 1.67. The number of fused-ring (bicyclic) bond motifs is 1. The van der Waals surface area contributed by atoms with E-state index >= 15 is 0 Å². The highest BCUT2D eigenvalue weighted by Gasteiger charge is 2.24. The van der Waals surface area contributed by atoms with Crippen molar-refractivity contribution in [3.63, 3.8) is 0 Å². The Hall–Kier alpha value is -0.840. The molecule has 1 atom stereocenters. The minimum Gasteiger partial charge on any atom is -0.306 e. The average molecular weight is 268 g/mol. The smallest absolute Gasteiger partial charge is 0.0934 e. The van der Waals surface area contributed by atoms with Crippen LogP contribution in [0.15, 0.2) is 18.5 Å². The highest BCUT2D eigenvalue weighted by atomic mass is 35.5. The largest absolute Gasteiger partial charge is 0.306 e. The number of hydrogen-bond donors (Lipinski definition) is 1. The van der Waals surface area contributed by atoms with Gasteiger partial charge in [0, 0.05) is 36.3 Å². The summed E-state index contributed by atoms with van der Waals surface area (Å²) in [5.74, 6) is 0. The summed E-state index contributed by atoms with van der Waals surface area (Å²) in [5.41, 5.74) is 2.62. The monoisotopic (exact) mass is 267 g/mol. The first-order chi connectivity index (χ1) is 8.22. The molecule has 3 nitrogen and oxygen atoms in total. The van der Waals surface area contributed by atoms with E-state index in [1.165, 1.54) is 22.4 Å². The Morgan fingerprint density at radius 2 is 2.53 bits per heavy atom. The molecular formula is C12H14ClN3S. The van der Waals surface area contributed by atoms with Crippen LogP contribution in [0.25, 0.3) is 0 Å². The van der Waals surface area contributed by atoms with E-state index in [9.17, 15) is 0 Å². The summed E-state index contributed by atoms with van der Waals surface area (Å²) in [5, 5.41) is 7.74. The van der Waals surface area contributed by atoms with Crippen LogP contribution in [-0.2, 0) is 20.0 Å². The molecule has 17 heavy (non-hydrogen) atoms. The third-order valence-electron chi connectivity index (χ3n) is 3.16. The molecule has 0 aliphatic heterocycles. The minimum absolute atomic E-state index is 0.453. The van der Waals surface area contributed by atoms with Crippen molar-refractivity contribution < 1.29 is 0 Å². The average Bonchev–Trinajstić information content (AvgIpc) is 2.92.